The molecule has 8 heteroatoms. The van der Waals surface area contributed by atoms with Gasteiger partial charge in [-0.3, -0.25) is 5.32 Å². The summed E-state index contributed by atoms with van der Waals surface area (Å²) in [7, 11) is 1.81. The van der Waals surface area contributed by atoms with Crippen molar-refractivity contribution in [2.45, 2.75) is 13.0 Å². The molecule has 0 saturated heterocycles. The van der Waals surface area contributed by atoms with E-state index in [1.807, 2.05) is 12.3 Å². The summed E-state index contributed by atoms with van der Waals surface area (Å²) >= 11 is 1.26. The van der Waals surface area contributed by atoms with E-state index >= 15 is 0 Å². The maximum Gasteiger partial charge on any atom is 0.325 e. The molecule has 0 bridgehead atoms. The summed E-state index contributed by atoms with van der Waals surface area (Å²) in [5, 5.41) is 10.0. The van der Waals surface area contributed by atoms with E-state index in [1.54, 1.807) is 7.05 Å². The van der Waals surface area contributed by atoms with Crippen LogP contribution in [0.1, 0.15) is 18.7 Å². The van der Waals surface area contributed by atoms with Gasteiger partial charge in [0.05, 0.1) is 11.4 Å². The van der Waals surface area contributed by atoms with E-state index < -0.39 is 17.7 Å². The number of rotatable bonds is 4. The molecule has 0 spiro atoms. The molecule has 1 aromatic heterocycles. The molecule has 1 atom stereocenters. The van der Waals surface area contributed by atoms with Gasteiger partial charge in [0.25, 0.3) is 0 Å². The number of nitrogens with one attached hydrogen (secondary N) is 3. The van der Waals surface area contributed by atoms with Crippen LogP contribution in [0.3, 0.4) is 0 Å². The minimum absolute atomic E-state index is 0.0643. The first-order valence-electron chi connectivity index (χ1n) is 6.15. The Morgan fingerprint density at radius 1 is 1.33 bits per heavy atom. The Morgan fingerprint density at radius 3 is 2.76 bits per heavy atom. The number of thiazole rings is 1. The molecule has 112 valence electrons. The number of amides is 2. The van der Waals surface area contributed by atoms with Gasteiger partial charge in [-0.25, -0.2) is 18.6 Å². The number of halogens is 2. The smallest absolute Gasteiger partial charge is 0.312 e. The number of urea groups is 1. The predicted octanol–water partition coefficient (Wildman–Crippen LogP) is 3.35. The largest absolute Gasteiger partial charge is 0.325 e. The van der Waals surface area contributed by atoms with E-state index in [4.69, 9.17) is 0 Å². The zero-order valence-corrected chi connectivity index (χ0v) is 12.2. The third-order valence-corrected chi connectivity index (χ3v) is 3.57. The number of hydrogen-bond acceptors (Lipinski definition) is 4. The third kappa shape index (κ3) is 3.96. The van der Waals surface area contributed by atoms with Crippen LogP contribution in [0.5, 0.6) is 0 Å². The lowest BCUT2D eigenvalue weighted by Crippen LogP contribution is -2.20. The van der Waals surface area contributed by atoms with E-state index in [-0.39, 0.29) is 11.7 Å². The van der Waals surface area contributed by atoms with Gasteiger partial charge >= 0.3 is 6.03 Å². The van der Waals surface area contributed by atoms with Crippen molar-refractivity contribution in [3.05, 3.63) is 40.9 Å². The summed E-state index contributed by atoms with van der Waals surface area (Å²) in [6, 6.07) is 2.34. The fraction of sp³-hybridized carbons (Fsp3) is 0.231. The maximum atomic E-state index is 13.4. The molecule has 0 saturated carbocycles. The fourth-order valence-electron chi connectivity index (χ4n) is 1.53. The van der Waals surface area contributed by atoms with Crippen molar-refractivity contribution in [1.29, 1.82) is 0 Å². The van der Waals surface area contributed by atoms with Crippen LogP contribution in [0.25, 0.3) is 0 Å². The van der Waals surface area contributed by atoms with E-state index in [1.165, 1.54) is 11.3 Å². The zero-order chi connectivity index (χ0) is 15.4. The van der Waals surface area contributed by atoms with Crippen LogP contribution in [0.4, 0.5) is 24.4 Å². The average Bonchev–Trinajstić information content (AvgIpc) is 2.89. The number of anilines is 2. The Balaban J connectivity index is 2.00. The van der Waals surface area contributed by atoms with Crippen LogP contribution in [-0.2, 0) is 0 Å². The molecule has 5 nitrogen and oxygen atoms in total. The predicted molar refractivity (Wildman–Crippen MR) is 78.6 cm³/mol. The van der Waals surface area contributed by atoms with Crippen molar-refractivity contribution in [2.24, 2.45) is 0 Å². The van der Waals surface area contributed by atoms with Gasteiger partial charge in [0.1, 0.15) is 11.6 Å². The van der Waals surface area contributed by atoms with E-state index in [0.717, 1.165) is 17.8 Å². The summed E-state index contributed by atoms with van der Waals surface area (Å²) in [6.07, 6.45) is 0. The van der Waals surface area contributed by atoms with Crippen molar-refractivity contribution in [3.8, 4) is 0 Å². The Morgan fingerprint density at radius 2 is 2.10 bits per heavy atom. The molecule has 2 rings (SSSR count). The van der Waals surface area contributed by atoms with E-state index in [9.17, 15) is 13.6 Å². The van der Waals surface area contributed by atoms with Gasteiger partial charge < -0.3 is 10.6 Å². The lowest BCUT2D eigenvalue weighted by Gasteiger charge is -2.07. The Bertz CT molecular complexity index is 647. The number of nitrogens with zero attached hydrogens (tertiary/aromatic N) is 1. The lowest BCUT2D eigenvalue weighted by molar-refractivity contribution is 0.262. The van der Waals surface area contributed by atoms with Gasteiger partial charge in [0.2, 0.25) is 0 Å². The van der Waals surface area contributed by atoms with Gasteiger partial charge in [-0.05, 0) is 26.1 Å². The first-order valence-corrected chi connectivity index (χ1v) is 7.03. The molecule has 1 heterocycles. The first kappa shape index (κ1) is 15.3. The van der Waals surface area contributed by atoms with Crippen molar-refractivity contribution < 1.29 is 13.6 Å². The maximum absolute atomic E-state index is 13.4. The summed E-state index contributed by atoms with van der Waals surface area (Å²) in [5.74, 6) is -1.54. The van der Waals surface area contributed by atoms with Crippen molar-refractivity contribution >= 4 is 28.2 Å². The first-order chi connectivity index (χ1) is 9.99. The quantitative estimate of drug-likeness (QED) is 0.811. The number of aromatic nitrogens is 1. The summed E-state index contributed by atoms with van der Waals surface area (Å²) < 4.78 is 26.2. The molecule has 0 fully saturated rings. The molecule has 21 heavy (non-hydrogen) atoms. The van der Waals surface area contributed by atoms with Crippen molar-refractivity contribution in [3.63, 3.8) is 0 Å². The highest BCUT2D eigenvalue weighted by Gasteiger charge is 2.12. The molecule has 0 aliphatic carbocycles. The van der Waals surface area contributed by atoms with Crippen LogP contribution in [-0.4, -0.2) is 18.1 Å². The average molecular weight is 312 g/mol. The monoisotopic (exact) mass is 312 g/mol. The van der Waals surface area contributed by atoms with Crippen LogP contribution in [0.15, 0.2) is 23.6 Å². The summed E-state index contributed by atoms with van der Waals surface area (Å²) in [6.45, 7) is 1.94. The summed E-state index contributed by atoms with van der Waals surface area (Å²) in [5.41, 5.74) is 0.694. The standard InChI is InChI=1S/C13H14F2N4OS/c1-7(16-2)11-6-21-13(18-11)19-12(20)17-10-4-3-8(14)5-9(10)15/h3-7,16H,1-2H3,(H2,17,18,19,20). The molecule has 1 aromatic carbocycles. The van der Waals surface area contributed by atoms with Gasteiger partial charge in [0.15, 0.2) is 5.13 Å². The zero-order valence-electron chi connectivity index (χ0n) is 11.4. The van der Waals surface area contributed by atoms with Gasteiger partial charge in [-0.15, -0.1) is 11.3 Å². The third-order valence-electron chi connectivity index (χ3n) is 2.80. The lowest BCUT2D eigenvalue weighted by atomic mass is 10.3. The molecule has 0 aliphatic heterocycles. The highest BCUT2D eigenvalue weighted by Crippen LogP contribution is 2.21. The number of carbonyl (C=O) groups is 1. The Hall–Kier alpha value is -2.06. The molecular formula is C13H14F2N4OS. The molecule has 0 aliphatic rings. The molecule has 3 N–H and O–H groups in total. The van der Waals surface area contributed by atoms with Crippen molar-refractivity contribution in [2.75, 3.05) is 17.7 Å². The van der Waals surface area contributed by atoms with Crippen LogP contribution in [0, 0.1) is 11.6 Å². The minimum Gasteiger partial charge on any atom is -0.312 e. The Kier molecular flexibility index (Phi) is 4.81. The Labute approximate surface area is 124 Å². The molecule has 2 amide bonds. The van der Waals surface area contributed by atoms with Crippen LogP contribution >= 0.6 is 11.3 Å². The molecule has 1 unspecified atom stereocenters. The number of hydrogen-bond donors (Lipinski definition) is 3. The second-order valence-corrected chi connectivity index (χ2v) is 5.15. The van der Waals surface area contributed by atoms with Crippen LogP contribution < -0.4 is 16.0 Å². The van der Waals surface area contributed by atoms with Gasteiger partial charge in [-0.1, -0.05) is 0 Å². The topological polar surface area (TPSA) is 66.0 Å². The van der Waals surface area contributed by atoms with Gasteiger partial charge in [-0.2, -0.15) is 0 Å². The van der Waals surface area contributed by atoms with Crippen molar-refractivity contribution in [1.82, 2.24) is 10.3 Å². The highest BCUT2D eigenvalue weighted by molar-refractivity contribution is 7.13. The fourth-order valence-corrected chi connectivity index (χ4v) is 2.33. The number of carbonyl (C=O) groups excluding carboxylic acids is 1. The van der Waals surface area contributed by atoms with Crippen LogP contribution in [0.2, 0.25) is 0 Å². The second-order valence-electron chi connectivity index (χ2n) is 4.29. The molecular weight excluding hydrogens is 298 g/mol. The normalized spacial score (nSPS) is 12.0. The van der Waals surface area contributed by atoms with E-state index in [0.29, 0.717) is 11.2 Å². The second kappa shape index (κ2) is 6.59. The minimum atomic E-state index is -0.839. The SMILES string of the molecule is CNC(C)c1csc(NC(=O)Nc2ccc(F)cc2F)n1. The summed E-state index contributed by atoms with van der Waals surface area (Å²) in [4.78, 5) is 16.0. The highest BCUT2D eigenvalue weighted by atomic mass is 32.1. The molecule has 0 radical (unpaired) electrons. The van der Waals surface area contributed by atoms with Gasteiger partial charge in [0, 0.05) is 17.5 Å². The number of benzene rings is 1. The van der Waals surface area contributed by atoms with E-state index in [2.05, 4.69) is 20.9 Å². The molecule has 2 aromatic rings.